The predicted octanol–water partition coefficient (Wildman–Crippen LogP) is 2.94. The molecule has 1 saturated heterocycles. The van der Waals surface area contributed by atoms with Gasteiger partial charge in [0.25, 0.3) is 5.91 Å². The van der Waals surface area contributed by atoms with Crippen molar-refractivity contribution in [1.29, 1.82) is 0 Å². The van der Waals surface area contributed by atoms with Gasteiger partial charge in [0.05, 0.1) is 29.5 Å². The Kier molecular flexibility index (Phi) is 7.49. The number of benzene rings is 1. The first kappa shape index (κ1) is 26.8. The first-order chi connectivity index (χ1) is 17.9. The van der Waals surface area contributed by atoms with E-state index in [-0.39, 0.29) is 29.1 Å². The van der Waals surface area contributed by atoms with Crippen molar-refractivity contribution in [3.63, 3.8) is 0 Å². The van der Waals surface area contributed by atoms with Crippen LogP contribution in [0, 0.1) is 17.5 Å². The lowest BCUT2D eigenvalue weighted by Gasteiger charge is -2.48. The summed E-state index contributed by atoms with van der Waals surface area (Å²) >= 11 is 0. The van der Waals surface area contributed by atoms with Crippen molar-refractivity contribution in [3.05, 3.63) is 76.2 Å². The van der Waals surface area contributed by atoms with Crippen LogP contribution in [0.25, 0.3) is 0 Å². The van der Waals surface area contributed by atoms with Gasteiger partial charge in [-0.2, -0.15) is 0 Å². The van der Waals surface area contributed by atoms with Gasteiger partial charge in [0.1, 0.15) is 5.82 Å². The highest BCUT2D eigenvalue weighted by atomic mass is 19.1. The van der Waals surface area contributed by atoms with Crippen LogP contribution in [0.1, 0.15) is 31.1 Å². The van der Waals surface area contributed by atoms with Crippen molar-refractivity contribution in [2.45, 2.75) is 32.4 Å². The zero-order chi connectivity index (χ0) is 27.6. The minimum Gasteiger partial charge on any atom is -0.431 e. The smallest absolute Gasteiger partial charge is 0.255 e. The van der Waals surface area contributed by atoms with Gasteiger partial charge in [0, 0.05) is 44.0 Å². The molecule has 2 amide bonds. The lowest BCUT2D eigenvalue weighted by Crippen LogP contribution is -2.63. The predicted molar refractivity (Wildman–Crippen MR) is 130 cm³/mol. The second kappa shape index (κ2) is 10.6. The lowest BCUT2D eigenvalue weighted by molar-refractivity contribution is -0.122. The van der Waals surface area contributed by atoms with Crippen LogP contribution in [0.2, 0.25) is 0 Å². The van der Waals surface area contributed by atoms with Gasteiger partial charge in [-0.05, 0) is 26.8 Å². The van der Waals surface area contributed by atoms with Crippen LogP contribution in [0.4, 0.5) is 19.0 Å². The zero-order valence-corrected chi connectivity index (χ0v) is 20.8. The molecule has 0 aliphatic carbocycles. The molecule has 13 heteroatoms. The number of nitrogens with zero attached hydrogens (tertiary/aromatic N) is 4. The Morgan fingerprint density at radius 3 is 2.39 bits per heavy atom. The largest absolute Gasteiger partial charge is 0.431 e. The van der Waals surface area contributed by atoms with Gasteiger partial charge in [-0.1, -0.05) is 0 Å². The van der Waals surface area contributed by atoms with E-state index in [2.05, 4.69) is 20.3 Å². The van der Waals surface area contributed by atoms with Crippen molar-refractivity contribution in [2.24, 2.45) is 0 Å². The molecule has 1 atom stereocenters. The van der Waals surface area contributed by atoms with Gasteiger partial charge < -0.3 is 19.9 Å². The molecule has 1 aliphatic heterocycles. The fraction of sp³-hybridized carbons (Fsp3) is 0.320. The molecule has 1 fully saturated rings. The van der Waals surface area contributed by atoms with Gasteiger partial charge >= 0.3 is 0 Å². The first-order valence-corrected chi connectivity index (χ1v) is 11.6. The third kappa shape index (κ3) is 5.83. The number of H-pyrrole nitrogens is 1. The molecular weight excluding hydrogens is 505 g/mol. The van der Waals surface area contributed by atoms with E-state index in [0.29, 0.717) is 37.3 Å². The molecule has 2 N–H and O–H groups in total. The molecule has 1 aromatic carbocycles. The third-order valence-electron chi connectivity index (χ3n) is 6.18. The van der Waals surface area contributed by atoms with Crippen LogP contribution >= 0.6 is 0 Å². The van der Waals surface area contributed by atoms with Crippen LogP contribution in [0.3, 0.4) is 0 Å². The van der Waals surface area contributed by atoms with Gasteiger partial charge in [0.2, 0.25) is 23.1 Å². The molecule has 1 aliphatic rings. The summed E-state index contributed by atoms with van der Waals surface area (Å²) in [6.07, 6.45) is 3.60. The number of aromatic amines is 1. The summed E-state index contributed by atoms with van der Waals surface area (Å²) in [4.78, 5) is 51.2. The van der Waals surface area contributed by atoms with E-state index in [4.69, 9.17) is 4.74 Å². The van der Waals surface area contributed by atoms with Gasteiger partial charge in [0.15, 0.2) is 17.5 Å². The van der Waals surface area contributed by atoms with Crippen molar-refractivity contribution >= 4 is 17.6 Å². The molecule has 38 heavy (non-hydrogen) atoms. The quantitative estimate of drug-likeness (QED) is 0.503. The summed E-state index contributed by atoms with van der Waals surface area (Å²) in [6.45, 7) is 6.71. The minimum absolute atomic E-state index is 0.0837. The Bertz CT molecular complexity index is 1370. The number of piperazine rings is 1. The van der Waals surface area contributed by atoms with Gasteiger partial charge in [-0.3, -0.25) is 19.3 Å². The molecule has 0 spiro atoms. The number of hydrogen-bond donors (Lipinski definition) is 2. The number of rotatable bonds is 6. The second-order valence-corrected chi connectivity index (χ2v) is 9.39. The maximum absolute atomic E-state index is 13.8. The van der Waals surface area contributed by atoms with E-state index < -0.39 is 34.8 Å². The van der Waals surface area contributed by atoms with E-state index >= 15 is 0 Å². The Morgan fingerprint density at radius 2 is 1.82 bits per heavy atom. The molecule has 200 valence electrons. The number of anilines is 1. The molecule has 0 radical (unpaired) electrons. The highest BCUT2D eigenvalue weighted by Gasteiger charge is 2.39. The molecule has 3 heterocycles. The maximum atomic E-state index is 13.8. The fourth-order valence-corrected chi connectivity index (χ4v) is 4.16. The zero-order valence-electron chi connectivity index (χ0n) is 20.8. The summed E-state index contributed by atoms with van der Waals surface area (Å²) < 4.78 is 45.7. The van der Waals surface area contributed by atoms with Crippen molar-refractivity contribution in [1.82, 2.24) is 24.8 Å². The lowest BCUT2D eigenvalue weighted by atomic mass is 9.96. The van der Waals surface area contributed by atoms with Crippen LogP contribution in [0.5, 0.6) is 11.6 Å². The Labute approximate surface area is 215 Å². The highest BCUT2D eigenvalue weighted by molar-refractivity contribution is 5.95. The van der Waals surface area contributed by atoms with Crippen LogP contribution in [0.15, 0.2) is 47.7 Å². The summed E-state index contributed by atoms with van der Waals surface area (Å²) in [5, 5.41) is 2.63. The Balaban J connectivity index is 1.36. The summed E-state index contributed by atoms with van der Waals surface area (Å²) in [6, 6.07) is 3.14. The van der Waals surface area contributed by atoms with Crippen LogP contribution in [-0.4, -0.2) is 67.8 Å². The summed E-state index contributed by atoms with van der Waals surface area (Å²) in [5.41, 5.74) is -0.537. The summed E-state index contributed by atoms with van der Waals surface area (Å²) in [7, 11) is 0. The number of carbonyl (C=O) groups is 2. The normalized spacial score (nSPS) is 16.1. The highest BCUT2D eigenvalue weighted by Crippen LogP contribution is 2.28. The number of aromatic nitrogens is 3. The van der Waals surface area contributed by atoms with E-state index in [0.717, 1.165) is 12.4 Å². The van der Waals surface area contributed by atoms with E-state index in [1.807, 2.05) is 18.7 Å². The first-order valence-electron chi connectivity index (χ1n) is 11.6. The van der Waals surface area contributed by atoms with Gasteiger partial charge in [-0.25, -0.2) is 23.1 Å². The fourth-order valence-electron chi connectivity index (χ4n) is 4.16. The van der Waals surface area contributed by atoms with Crippen molar-refractivity contribution < 1.29 is 27.5 Å². The number of ether oxygens (including phenoxy) is 1. The molecule has 0 saturated carbocycles. The number of hydrogen-bond acceptors (Lipinski definition) is 7. The number of carbonyl (C=O) groups excluding carboxylic acids is 2. The Morgan fingerprint density at radius 1 is 1.11 bits per heavy atom. The molecule has 0 bridgehead atoms. The van der Waals surface area contributed by atoms with Crippen LogP contribution in [-0.2, 0) is 4.79 Å². The molecule has 10 nitrogen and oxygen atoms in total. The van der Waals surface area contributed by atoms with Crippen molar-refractivity contribution in [2.75, 3.05) is 25.0 Å². The average Bonchev–Trinajstić information content (AvgIpc) is 2.86. The SMILES string of the molecule is C[C@H](C(=O)Nc1cnc(Oc2c(F)cc(F)cc2F)cn1)N1CCN(C(=O)c2ccc(=O)[nH]c2)C(C)(C)C1. The van der Waals surface area contributed by atoms with E-state index in [1.54, 1.807) is 11.8 Å². The topological polar surface area (TPSA) is 121 Å². The number of pyridine rings is 1. The van der Waals surface area contributed by atoms with Gasteiger partial charge in [-0.15, -0.1) is 0 Å². The van der Waals surface area contributed by atoms with Crippen molar-refractivity contribution in [3.8, 4) is 11.6 Å². The van der Waals surface area contributed by atoms with Crippen LogP contribution < -0.4 is 15.6 Å². The molecular formula is C25H25F3N6O4. The number of halogens is 3. The molecule has 4 rings (SSSR count). The molecule has 0 unspecified atom stereocenters. The second-order valence-electron chi connectivity index (χ2n) is 9.39. The number of amides is 2. The standard InChI is InChI=1S/C25H25F3N6O4/c1-14(33-6-7-34(25(2,3)13-33)24(37)15-4-5-20(35)30-10-15)23(36)32-19-11-31-21(12-29-19)38-22-17(27)8-16(26)9-18(22)28/h4-5,8-12,14H,6-7,13H2,1-3H3,(H,30,35)(H,29,32,36)/t14-/m1/s1. The molecule has 2 aromatic heterocycles. The summed E-state index contributed by atoms with van der Waals surface area (Å²) in [5.74, 6) is -5.16. The number of nitrogens with one attached hydrogen (secondary N) is 2. The van der Waals surface area contributed by atoms with E-state index in [1.165, 1.54) is 18.3 Å². The maximum Gasteiger partial charge on any atom is 0.255 e. The monoisotopic (exact) mass is 530 g/mol. The Hall–Kier alpha value is -4.26. The minimum atomic E-state index is -1.24. The molecule has 3 aromatic rings. The van der Waals surface area contributed by atoms with E-state index in [9.17, 15) is 27.6 Å². The third-order valence-corrected chi connectivity index (χ3v) is 6.18. The average molecular weight is 531 g/mol.